The molecule has 0 bridgehead atoms. The first-order valence-corrected chi connectivity index (χ1v) is 9.90. The Morgan fingerprint density at radius 1 is 1.19 bits per heavy atom. The topological polar surface area (TPSA) is 111 Å². The molecule has 1 saturated heterocycles. The number of nitrogens with one attached hydrogen (secondary N) is 1. The molecule has 1 fully saturated rings. The van der Waals surface area contributed by atoms with E-state index in [-0.39, 0.29) is 29.7 Å². The van der Waals surface area contributed by atoms with E-state index in [9.17, 15) is 19.7 Å². The Kier molecular flexibility index (Phi) is 6.74. The number of hydrogen-bond acceptors (Lipinski definition) is 6. The number of ether oxygens (including phenoxy) is 2. The van der Waals surface area contributed by atoms with Gasteiger partial charge in [0.2, 0.25) is 5.91 Å². The highest BCUT2D eigenvalue weighted by molar-refractivity contribution is 5.97. The molecule has 9 nitrogen and oxygen atoms in total. The van der Waals surface area contributed by atoms with Crippen molar-refractivity contribution in [1.29, 1.82) is 0 Å². The number of nitro benzene ring substituents is 1. The number of likely N-dealkylation sites (tertiary alicyclic amines) is 1. The van der Waals surface area contributed by atoms with Crippen molar-refractivity contribution < 1.29 is 24.0 Å². The molecule has 164 valence electrons. The number of carbonyl (C=O) groups excluding carboxylic acids is 2. The fourth-order valence-corrected chi connectivity index (χ4v) is 3.80. The van der Waals surface area contributed by atoms with Gasteiger partial charge < -0.3 is 19.7 Å². The first-order valence-electron chi connectivity index (χ1n) is 9.90. The molecule has 2 aromatic rings. The highest BCUT2D eigenvalue weighted by Gasteiger charge is 2.32. The van der Waals surface area contributed by atoms with Crippen LogP contribution in [0.5, 0.6) is 11.5 Å². The van der Waals surface area contributed by atoms with Gasteiger partial charge in [0, 0.05) is 29.3 Å². The van der Waals surface area contributed by atoms with E-state index in [2.05, 4.69) is 5.32 Å². The van der Waals surface area contributed by atoms with Crippen LogP contribution in [0.15, 0.2) is 36.4 Å². The predicted octanol–water partition coefficient (Wildman–Crippen LogP) is 3.01. The third-order valence-electron chi connectivity index (χ3n) is 5.44. The molecule has 1 aliphatic heterocycles. The number of rotatable bonds is 7. The van der Waals surface area contributed by atoms with Crippen LogP contribution in [-0.2, 0) is 4.79 Å². The van der Waals surface area contributed by atoms with Crippen molar-refractivity contribution in [1.82, 2.24) is 10.2 Å². The van der Waals surface area contributed by atoms with Crippen LogP contribution in [0.1, 0.15) is 40.4 Å². The van der Waals surface area contributed by atoms with E-state index < -0.39 is 10.8 Å². The summed E-state index contributed by atoms with van der Waals surface area (Å²) >= 11 is 0. The number of carbonyl (C=O) groups is 2. The molecule has 1 aliphatic rings. The largest absolute Gasteiger partial charge is 0.497 e. The fraction of sp³-hybridized carbons (Fsp3) is 0.364. The molecule has 0 aliphatic carbocycles. The van der Waals surface area contributed by atoms with Crippen LogP contribution in [0.2, 0.25) is 0 Å². The van der Waals surface area contributed by atoms with Crippen molar-refractivity contribution in [2.75, 3.05) is 27.3 Å². The summed E-state index contributed by atoms with van der Waals surface area (Å²) in [6, 6.07) is 9.51. The van der Waals surface area contributed by atoms with Crippen molar-refractivity contribution in [3.05, 3.63) is 63.2 Å². The summed E-state index contributed by atoms with van der Waals surface area (Å²) in [5.74, 6) is 0.569. The predicted molar refractivity (Wildman–Crippen MR) is 113 cm³/mol. The molecule has 2 amide bonds. The summed E-state index contributed by atoms with van der Waals surface area (Å²) in [5.41, 5.74) is 1.32. The van der Waals surface area contributed by atoms with Crippen LogP contribution in [-0.4, -0.2) is 48.9 Å². The molecule has 9 heteroatoms. The van der Waals surface area contributed by atoms with Crippen LogP contribution in [0.4, 0.5) is 5.69 Å². The van der Waals surface area contributed by atoms with Gasteiger partial charge in [-0.25, -0.2) is 0 Å². The maximum absolute atomic E-state index is 12.9. The minimum atomic E-state index is -0.536. The second-order valence-electron chi connectivity index (χ2n) is 7.29. The molecule has 0 saturated carbocycles. The average Bonchev–Trinajstić information content (AvgIpc) is 3.26. The zero-order chi connectivity index (χ0) is 22.5. The molecule has 0 spiro atoms. The number of nitrogens with zero attached hydrogens (tertiary/aromatic N) is 2. The van der Waals surface area contributed by atoms with Crippen molar-refractivity contribution >= 4 is 17.5 Å². The van der Waals surface area contributed by atoms with E-state index in [0.717, 1.165) is 18.4 Å². The molecule has 2 aromatic carbocycles. The van der Waals surface area contributed by atoms with Gasteiger partial charge in [-0.15, -0.1) is 0 Å². The Bertz CT molecular complexity index is 1010. The maximum atomic E-state index is 12.9. The lowest BCUT2D eigenvalue weighted by molar-refractivity contribution is -0.385. The van der Waals surface area contributed by atoms with Crippen LogP contribution in [0, 0.1) is 17.0 Å². The van der Waals surface area contributed by atoms with Crippen LogP contribution < -0.4 is 14.8 Å². The van der Waals surface area contributed by atoms with Crippen molar-refractivity contribution in [2.45, 2.75) is 25.8 Å². The third kappa shape index (κ3) is 4.76. The third-order valence-corrected chi connectivity index (χ3v) is 5.44. The van der Waals surface area contributed by atoms with Gasteiger partial charge >= 0.3 is 0 Å². The van der Waals surface area contributed by atoms with Gasteiger partial charge in [-0.05, 0) is 44.0 Å². The molecule has 0 aromatic heterocycles. The summed E-state index contributed by atoms with van der Waals surface area (Å²) < 4.78 is 10.8. The first kappa shape index (κ1) is 22.1. The van der Waals surface area contributed by atoms with Crippen molar-refractivity contribution in [3.8, 4) is 11.5 Å². The van der Waals surface area contributed by atoms with Crippen LogP contribution in [0.25, 0.3) is 0 Å². The maximum Gasteiger partial charge on any atom is 0.273 e. The summed E-state index contributed by atoms with van der Waals surface area (Å²) in [5, 5.41) is 13.7. The lowest BCUT2D eigenvalue weighted by atomic mass is 10.0. The zero-order valence-electron chi connectivity index (χ0n) is 17.7. The van der Waals surface area contributed by atoms with E-state index in [1.54, 1.807) is 38.2 Å². The molecular formula is C22H25N3O6. The van der Waals surface area contributed by atoms with Gasteiger partial charge in [-0.1, -0.05) is 6.07 Å². The van der Waals surface area contributed by atoms with E-state index in [0.29, 0.717) is 23.6 Å². The minimum absolute atomic E-state index is 0.135. The van der Waals surface area contributed by atoms with Gasteiger partial charge in [0.15, 0.2) is 0 Å². The lowest BCUT2D eigenvalue weighted by Crippen LogP contribution is -2.40. The Morgan fingerprint density at radius 2 is 1.97 bits per heavy atom. The number of nitro groups is 1. The molecular weight excluding hydrogens is 402 g/mol. The standard InChI is InChI=1S/C22H25N3O6/c1-14-6-7-15(11-19(14)25(28)29)22(27)23-13-21(26)24-10-4-5-18(24)17-12-16(30-2)8-9-20(17)31-3/h6-9,11-12,18H,4-5,10,13H2,1-3H3,(H,23,27). The second kappa shape index (κ2) is 9.46. The highest BCUT2D eigenvalue weighted by Crippen LogP contribution is 2.38. The Balaban J connectivity index is 1.71. The van der Waals surface area contributed by atoms with Gasteiger partial charge in [0.1, 0.15) is 11.5 Å². The number of methoxy groups -OCH3 is 2. The minimum Gasteiger partial charge on any atom is -0.497 e. The highest BCUT2D eigenvalue weighted by atomic mass is 16.6. The number of benzene rings is 2. The Morgan fingerprint density at radius 3 is 2.65 bits per heavy atom. The first-order chi connectivity index (χ1) is 14.8. The quantitative estimate of drug-likeness (QED) is 0.537. The number of amides is 2. The molecule has 1 heterocycles. The summed E-state index contributed by atoms with van der Waals surface area (Å²) in [4.78, 5) is 37.6. The van der Waals surface area contributed by atoms with E-state index >= 15 is 0 Å². The SMILES string of the molecule is COc1ccc(OC)c(C2CCCN2C(=O)CNC(=O)c2ccc(C)c([N+](=O)[O-])c2)c1. The Hall–Kier alpha value is -3.62. The zero-order valence-corrected chi connectivity index (χ0v) is 17.7. The van der Waals surface area contributed by atoms with Crippen LogP contribution >= 0.6 is 0 Å². The van der Waals surface area contributed by atoms with Gasteiger partial charge in [-0.2, -0.15) is 0 Å². The van der Waals surface area contributed by atoms with Crippen molar-refractivity contribution in [2.24, 2.45) is 0 Å². The monoisotopic (exact) mass is 427 g/mol. The normalized spacial score (nSPS) is 15.5. The van der Waals surface area contributed by atoms with Gasteiger partial charge in [-0.3, -0.25) is 19.7 Å². The number of aryl methyl sites for hydroxylation is 1. The average molecular weight is 427 g/mol. The van der Waals surface area contributed by atoms with E-state index in [1.165, 1.54) is 18.2 Å². The summed E-state index contributed by atoms with van der Waals surface area (Å²) in [7, 11) is 3.15. The molecule has 0 radical (unpaired) electrons. The van der Waals surface area contributed by atoms with Gasteiger partial charge in [0.05, 0.1) is 31.7 Å². The van der Waals surface area contributed by atoms with Gasteiger partial charge in [0.25, 0.3) is 11.6 Å². The molecule has 3 rings (SSSR count). The van der Waals surface area contributed by atoms with E-state index in [1.807, 2.05) is 6.07 Å². The molecule has 1 atom stereocenters. The second-order valence-corrected chi connectivity index (χ2v) is 7.29. The van der Waals surface area contributed by atoms with Crippen LogP contribution in [0.3, 0.4) is 0 Å². The number of hydrogen-bond donors (Lipinski definition) is 1. The van der Waals surface area contributed by atoms with Crippen molar-refractivity contribution in [3.63, 3.8) is 0 Å². The summed E-state index contributed by atoms with van der Waals surface area (Å²) in [6.07, 6.45) is 1.60. The Labute approximate surface area is 180 Å². The lowest BCUT2D eigenvalue weighted by Gasteiger charge is -2.27. The molecule has 1 unspecified atom stereocenters. The molecule has 31 heavy (non-hydrogen) atoms. The fourth-order valence-electron chi connectivity index (χ4n) is 3.80. The smallest absolute Gasteiger partial charge is 0.273 e. The summed E-state index contributed by atoms with van der Waals surface area (Å²) in [6.45, 7) is 1.96. The van der Waals surface area contributed by atoms with E-state index in [4.69, 9.17) is 9.47 Å². The molecule has 1 N–H and O–H groups in total.